The second-order valence-corrected chi connectivity index (χ2v) is 6.05. The third-order valence-electron chi connectivity index (χ3n) is 2.01. The van der Waals surface area contributed by atoms with Crippen LogP contribution in [-0.2, 0) is 30.6 Å². The Balaban J connectivity index is -0.000000277. The number of halogens is 2. The van der Waals surface area contributed by atoms with E-state index in [4.69, 9.17) is 4.43 Å². The van der Waals surface area contributed by atoms with Crippen LogP contribution >= 0.6 is 24.8 Å². The molecule has 0 aliphatic heterocycles. The van der Waals surface area contributed by atoms with E-state index in [1.807, 2.05) is 12.2 Å². The summed E-state index contributed by atoms with van der Waals surface area (Å²) in [5, 5.41) is 1.32. The van der Waals surface area contributed by atoms with E-state index in [0.717, 1.165) is 12.8 Å². The molecule has 2 aliphatic rings. The van der Waals surface area contributed by atoms with E-state index in [-0.39, 0.29) is 56.6 Å². The molecule has 2 rings (SSSR count). The molecule has 0 bridgehead atoms. The summed E-state index contributed by atoms with van der Waals surface area (Å²) in [6.45, 7) is 6.29. The van der Waals surface area contributed by atoms with Crippen molar-refractivity contribution in [3.05, 3.63) is 47.7 Å². The first kappa shape index (κ1) is 24.6. The number of rotatable bonds is 2. The van der Waals surface area contributed by atoms with Crippen LogP contribution in [0.4, 0.5) is 0 Å². The van der Waals surface area contributed by atoms with E-state index in [0.29, 0.717) is 0 Å². The zero-order chi connectivity index (χ0) is 11.9. The average Bonchev–Trinajstić information content (AvgIpc) is 2.90. The predicted molar refractivity (Wildman–Crippen MR) is 86.0 cm³/mol. The van der Waals surface area contributed by atoms with Crippen molar-refractivity contribution in [2.75, 3.05) is 0 Å². The zero-order valence-corrected chi connectivity index (χ0v) is 17.2. The van der Waals surface area contributed by atoms with Gasteiger partial charge in [0.05, 0.1) is 0 Å². The SMILES string of the molecule is CC(C)(C)O[SiH2]C1=[C-]CC=C1.Cl.Cl.[C-]1=CC=CC1.[Zr+2]. The van der Waals surface area contributed by atoms with Gasteiger partial charge in [-0.15, -0.1) is 37.7 Å². The molecule has 0 radical (unpaired) electrons. The number of allylic oxidation sites excluding steroid dienone is 8. The Morgan fingerprint density at radius 3 is 2.16 bits per heavy atom. The Morgan fingerprint density at radius 1 is 1.16 bits per heavy atom. The molecule has 19 heavy (non-hydrogen) atoms. The molecule has 0 aromatic rings. The third kappa shape index (κ3) is 14.8. The van der Waals surface area contributed by atoms with Gasteiger partial charge >= 0.3 is 26.2 Å². The van der Waals surface area contributed by atoms with Crippen molar-refractivity contribution in [2.45, 2.75) is 39.2 Å². The molecule has 106 valence electrons. The standard InChI is InChI=1S/C9H15OSi.C5H5.2ClH.Zr/c1-9(2,3)10-11-8-6-4-5-7-8;1-2-4-5-3-1;;;/h4,6H,5,11H2,1-3H3;1-3H,4H2;2*1H;/q2*-1;;;+2. The molecular weight excluding hydrogens is 374 g/mol. The van der Waals surface area contributed by atoms with Crippen LogP contribution in [0.15, 0.2) is 35.6 Å². The topological polar surface area (TPSA) is 9.23 Å². The van der Waals surface area contributed by atoms with Crippen molar-refractivity contribution in [3.63, 3.8) is 0 Å². The normalized spacial score (nSPS) is 15.2. The first-order valence-corrected chi connectivity index (χ1v) is 6.98. The second kappa shape index (κ2) is 13.6. The van der Waals surface area contributed by atoms with Gasteiger partial charge in [-0.05, 0) is 20.8 Å². The van der Waals surface area contributed by atoms with Crippen LogP contribution in [0.2, 0.25) is 0 Å². The molecular formula is C14H22Cl2OSiZr. The minimum Gasteiger partial charge on any atom is -0.417 e. The molecule has 0 heterocycles. The van der Waals surface area contributed by atoms with Crippen LogP contribution in [0.5, 0.6) is 0 Å². The zero-order valence-electron chi connectivity index (χ0n) is 11.7. The first-order chi connectivity index (χ1) is 7.58. The van der Waals surface area contributed by atoms with Crippen LogP contribution in [0.1, 0.15) is 33.6 Å². The second-order valence-electron chi connectivity index (χ2n) is 4.71. The van der Waals surface area contributed by atoms with E-state index >= 15 is 0 Å². The fraction of sp³-hybridized carbons (Fsp3) is 0.429. The van der Waals surface area contributed by atoms with Gasteiger partial charge in [0, 0.05) is 5.60 Å². The Labute approximate surface area is 151 Å². The van der Waals surface area contributed by atoms with Gasteiger partial charge in [-0.25, -0.2) is 23.4 Å². The van der Waals surface area contributed by atoms with E-state index in [1.165, 1.54) is 5.20 Å². The summed E-state index contributed by atoms with van der Waals surface area (Å²) in [6, 6.07) is 0. The average molecular weight is 397 g/mol. The van der Waals surface area contributed by atoms with Crippen LogP contribution in [-0.4, -0.2) is 15.4 Å². The maximum atomic E-state index is 5.70. The number of hydrogen-bond acceptors (Lipinski definition) is 1. The molecule has 5 heteroatoms. The van der Waals surface area contributed by atoms with Crippen molar-refractivity contribution in [3.8, 4) is 0 Å². The molecule has 0 amide bonds. The molecule has 0 saturated carbocycles. The van der Waals surface area contributed by atoms with Crippen LogP contribution in [0.3, 0.4) is 0 Å². The summed E-state index contributed by atoms with van der Waals surface area (Å²) in [5.41, 5.74) is 0.0251. The van der Waals surface area contributed by atoms with Gasteiger partial charge in [-0.1, -0.05) is 0 Å². The summed E-state index contributed by atoms with van der Waals surface area (Å²) in [7, 11) is -0.498. The molecule has 1 nitrogen and oxygen atoms in total. The van der Waals surface area contributed by atoms with E-state index in [2.05, 4.69) is 51.2 Å². The first-order valence-electron chi connectivity index (χ1n) is 5.70. The van der Waals surface area contributed by atoms with Gasteiger partial charge < -0.3 is 4.43 Å². The third-order valence-corrected chi connectivity index (χ3v) is 3.82. The molecule has 2 aliphatic carbocycles. The Hall–Kier alpha value is 0.600. The molecule has 0 spiro atoms. The number of hydrogen-bond donors (Lipinski definition) is 0. The molecule has 0 atom stereocenters. The van der Waals surface area contributed by atoms with Crippen LogP contribution in [0.25, 0.3) is 0 Å². The smallest absolute Gasteiger partial charge is 0.417 e. The summed E-state index contributed by atoms with van der Waals surface area (Å²) < 4.78 is 5.70. The predicted octanol–water partition coefficient (Wildman–Crippen LogP) is 3.68. The molecule has 0 N–H and O–H groups in total. The van der Waals surface area contributed by atoms with Crippen LogP contribution in [0, 0.1) is 12.2 Å². The van der Waals surface area contributed by atoms with Gasteiger partial charge in [0.15, 0.2) is 9.76 Å². The maximum absolute atomic E-state index is 5.70. The van der Waals surface area contributed by atoms with Crippen molar-refractivity contribution < 1.29 is 30.6 Å². The molecule has 0 saturated heterocycles. The Kier molecular flexibility index (Phi) is 17.6. The van der Waals surface area contributed by atoms with Crippen molar-refractivity contribution in [1.29, 1.82) is 0 Å². The van der Waals surface area contributed by atoms with E-state index in [9.17, 15) is 0 Å². The minimum atomic E-state index is -0.498. The van der Waals surface area contributed by atoms with Gasteiger partial charge in [0.25, 0.3) is 0 Å². The largest absolute Gasteiger partial charge is 2.00 e. The fourth-order valence-corrected chi connectivity index (χ4v) is 2.28. The van der Waals surface area contributed by atoms with Gasteiger partial charge in [-0.2, -0.15) is 12.2 Å². The summed E-state index contributed by atoms with van der Waals surface area (Å²) >= 11 is 0. The Bertz CT molecular complexity index is 321. The van der Waals surface area contributed by atoms with Crippen molar-refractivity contribution in [2.24, 2.45) is 0 Å². The molecule has 0 aromatic carbocycles. The minimum absolute atomic E-state index is 0. The van der Waals surface area contributed by atoms with Crippen molar-refractivity contribution in [1.82, 2.24) is 0 Å². The fourth-order valence-electron chi connectivity index (χ4n) is 1.18. The monoisotopic (exact) mass is 394 g/mol. The maximum Gasteiger partial charge on any atom is 2.00 e. The van der Waals surface area contributed by atoms with Gasteiger partial charge in [0.1, 0.15) is 0 Å². The molecule has 0 aromatic heterocycles. The quantitative estimate of drug-likeness (QED) is 0.511. The molecule has 0 fully saturated rings. The van der Waals surface area contributed by atoms with Gasteiger partial charge in [0.2, 0.25) is 0 Å². The summed E-state index contributed by atoms with van der Waals surface area (Å²) in [4.78, 5) is 0. The van der Waals surface area contributed by atoms with Crippen molar-refractivity contribution >= 4 is 34.6 Å². The van der Waals surface area contributed by atoms with Crippen LogP contribution < -0.4 is 0 Å². The summed E-state index contributed by atoms with van der Waals surface area (Å²) in [6.07, 6.45) is 18.5. The molecule has 0 unspecified atom stereocenters. The van der Waals surface area contributed by atoms with E-state index in [1.54, 1.807) is 0 Å². The van der Waals surface area contributed by atoms with Gasteiger partial charge in [-0.3, -0.25) is 12.2 Å². The Morgan fingerprint density at radius 2 is 1.84 bits per heavy atom. The summed E-state index contributed by atoms with van der Waals surface area (Å²) in [5.74, 6) is 0. The van der Waals surface area contributed by atoms with E-state index < -0.39 is 9.76 Å².